The molecular weight excluding hydrogens is 349 g/mol. The number of hydrogen-bond acceptors (Lipinski definition) is 5. The summed E-state index contributed by atoms with van der Waals surface area (Å²) in [6.07, 6.45) is -0.629. The molecule has 1 saturated heterocycles. The van der Waals surface area contributed by atoms with E-state index in [0.717, 1.165) is 16.2 Å². The summed E-state index contributed by atoms with van der Waals surface area (Å²) in [7, 11) is 0. The maximum atomic E-state index is 13.3. The van der Waals surface area contributed by atoms with Gasteiger partial charge >= 0.3 is 6.09 Å². The Bertz CT molecular complexity index is 898. The summed E-state index contributed by atoms with van der Waals surface area (Å²) in [4.78, 5) is 26.2. The first-order chi connectivity index (χ1) is 13.1. The lowest BCUT2D eigenvalue weighted by Crippen LogP contribution is -2.48. The molecule has 2 amide bonds. The number of cyclic esters (lactones) is 1. The van der Waals surface area contributed by atoms with Crippen molar-refractivity contribution in [3.8, 4) is 0 Å². The fourth-order valence-electron chi connectivity index (χ4n) is 3.44. The zero-order chi connectivity index (χ0) is 19.0. The molecule has 0 unspecified atom stereocenters. The SMILES string of the molecule is C[C@H]1C(c2ccc(F)cc2)=NN(c2ccccc2)[C@@H]1C(=O)N1CCOC1=O. The van der Waals surface area contributed by atoms with Gasteiger partial charge in [-0.2, -0.15) is 5.10 Å². The molecule has 0 spiro atoms. The van der Waals surface area contributed by atoms with Gasteiger partial charge in [0.25, 0.3) is 5.91 Å². The lowest BCUT2D eigenvalue weighted by Gasteiger charge is -2.27. The van der Waals surface area contributed by atoms with Crippen LogP contribution in [0.1, 0.15) is 12.5 Å². The van der Waals surface area contributed by atoms with Crippen LogP contribution in [0.5, 0.6) is 0 Å². The molecule has 0 aromatic heterocycles. The normalized spacial score (nSPS) is 22.0. The number of rotatable bonds is 3. The minimum atomic E-state index is -0.682. The number of benzene rings is 2. The summed E-state index contributed by atoms with van der Waals surface area (Å²) < 4.78 is 18.2. The van der Waals surface area contributed by atoms with Crippen LogP contribution in [0.2, 0.25) is 0 Å². The minimum absolute atomic E-state index is 0.197. The average Bonchev–Trinajstić information content (AvgIpc) is 3.26. The third kappa shape index (κ3) is 3.05. The Labute approximate surface area is 155 Å². The molecule has 2 heterocycles. The highest BCUT2D eigenvalue weighted by atomic mass is 19.1. The molecule has 0 N–H and O–H groups in total. The largest absolute Gasteiger partial charge is 0.447 e. The monoisotopic (exact) mass is 367 g/mol. The number of nitrogens with zero attached hydrogens (tertiary/aromatic N) is 3. The number of hydrogen-bond donors (Lipinski definition) is 0. The number of hydrazone groups is 1. The van der Waals surface area contributed by atoms with Crippen LogP contribution in [0.15, 0.2) is 59.7 Å². The Kier molecular flexibility index (Phi) is 4.35. The van der Waals surface area contributed by atoms with Crippen molar-refractivity contribution in [2.24, 2.45) is 11.0 Å². The Balaban J connectivity index is 1.74. The Morgan fingerprint density at radius 3 is 2.48 bits per heavy atom. The number of para-hydroxylation sites is 1. The predicted octanol–water partition coefficient (Wildman–Crippen LogP) is 3.03. The predicted molar refractivity (Wildman–Crippen MR) is 97.9 cm³/mol. The zero-order valence-corrected chi connectivity index (χ0v) is 14.7. The highest BCUT2D eigenvalue weighted by molar-refractivity contribution is 6.10. The Morgan fingerprint density at radius 2 is 1.85 bits per heavy atom. The average molecular weight is 367 g/mol. The van der Waals surface area contributed by atoms with Gasteiger partial charge in [-0.25, -0.2) is 14.1 Å². The molecule has 0 aliphatic carbocycles. The second-order valence-electron chi connectivity index (χ2n) is 6.51. The number of anilines is 1. The Hall–Kier alpha value is -3.22. The number of halogens is 1. The quantitative estimate of drug-likeness (QED) is 0.837. The van der Waals surface area contributed by atoms with Gasteiger partial charge < -0.3 is 4.74 Å². The molecule has 7 heteroatoms. The van der Waals surface area contributed by atoms with Gasteiger partial charge in [0.1, 0.15) is 18.5 Å². The van der Waals surface area contributed by atoms with Crippen LogP contribution >= 0.6 is 0 Å². The lowest BCUT2D eigenvalue weighted by molar-refractivity contribution is -0.129. The summed E-state index contributed by atoms with van der Waals surface area (Å²) in [5, 5.41) is 6.30. The van der Waals surface area contributed by atoms with E-state index in [-0.39, 0.29) is 30.8 Å². The van der Waals surface area contributed by atoms with Crippen LogP contribution in [-0.4, -0.2) is 41.8 Å². The third-order valence-corrected chi connectivity index (χ3v) is 4.82. The van der Waals surface area contributed by atoms with Crippen LogP contribution in [0, 0.1) is 11.7 Å². The van der Waals surface area contributed by atoms with E-state index in [4.69, 9.17) is 4.74 Å². The van der Waals surface area contributed by atoms with Crippen molar-refractivity contribution in [1.29, 1.82) is 0 Å². The summed E-state index contributed by atoms with van der Waals surface area (Å²) >= 11 is 0. The van der Waals surface area contributed by atoms with Gasteiger partial charge in [0.2, 0.25) is 0 Å². The standard InChI is InChI=1S/C20H18FN3O3/c1-13-17(14-7-9-15(21)10-8-14)22-24(16-5-3-2-4-6-16)18(13)19(25)23-11-12-27-20(23)26/h2-10,13,18H,11-12H2,1H3/t13-,18-/m0/s1. The molecule has 2 atom stereocenters. The number of amides is 2. The summed E-state index contributed by atoms with van der Waals surface area (Å²) in [6, 6.07) is 14.6. The van der Waals surface area contributed by atoms with E-state index >= 15 is 0 Å². The summed E-state index contributed by atoms with van der Waals surface area (Å²) in [6.45, 7) is 2.31. The van der Waals surface area contributed by atoms with Gasteiger partial charge in [-0.15, -0.1) is 0 Å². The van der Waals surface area contributed by atoms with Gasteiger partial charge in [-0.1, -0.05) is 37.3 Å². The van der Waals surface area contributed by atoms with Crippen LogP contribution < -0.4 is 5.01 Å². The highest BCUT2D eigenvalue weighted by Crippen LogP contribution is 2.32. The lowest BCUT2D eigenvalue weighted by atomic mass is 9.92. The van der Waals surface area contributed by atoms with Crippen molar-refractivity contribution in [1.82, 2.24) is 4.90 Å². The second kappa shape index (κ2) is 6.83. The molecule has 4 rings (SSSR count). The molecular formula is C20H18FN3O3. The van der Waals surface area contributed by atoms with Crippen LogP contribution in [0.4, 0.5) is 14.9 Å². The molecule has 27 heavy (non-hydrogen) atoms. The highest BCUT2D eigenvalue weighted by Gasteiger charge is 2.45. The number of carbonyl (C=O) groups excluding carboxylic acids is 2. The van der Waals surface area contributed by atoms with Crippen molar-refractivity contribution >= 4 is 23.4 Å². The van der Waals surface area contributed by atoms with Gasteiger partial charge in [0.05, 0.1) is 17.9 Å². The second-order valence-corrected chi connectivity index (χ2v) is 6.51. The maximum absolute atomic E-state index is 13.3. The third-order valence-electron chi connectivity index (χ3n) is 4.82. The first kappa shape index (κ1) is 17.2. The van der Waals surface area contributed by atoms with Gasteiger partial charge in [0, 0.05) is 5.92 Å². The van der Waals surface area contributed by atoms with Crippen molar-refractivity contribution in [2.45, 2.75) is 13.0 Å². The molecule has 6 nitrogen and oxygen atoms in total. The van der Waals surface area contributed by atoms with E-state index in [9.17, 15) is 14.0 Å². The molecule has 2 aliphatic rings. The van der Waals surface area contributed by atoms with Crippen LogP contribution in [0.25, 0.3) is 0 Å². The molecule has 2 aromatic rings. The smallest absolute Gasteiger partial charge is 0.416 e. The maximum Gasteiger partial charge on any atom is 0.416 e. The summed E-state index contributed by atoms with van der Waals surface area (Å²) in [5.74, 6) is -0.983. The van der Waals surface area contributed by atoms with Crippen LogP contribution in [0.3, 0.4) is 0 Å². The van der Waals surface area contributed by atoms with E-state index in [0.29, 0.717) is 5.71 Å². The van der Waals surface area contributed by atoms with Gasteiger partial charge in [0.15, 0.2) is 0 Å². The topological polar surface area (TPSA) is 62.2 Å². The van der Waals surface area contributed by atoms with Gasteiger partial charge in [-0.3, -0.25) is 9.80 Å². The van der Waals surface area contributed by atoms with E-state index in [1.807, 2.05) is 37.3 Å². The molecule has 0 saturated carbocycles. The fourth-order valence-corrected chi connectivity index (χ4v) is 3.44. The van der Waals surface area contributed by atoms with Crippen LogP contribution in [-0.2, 0) is 9.53 Å². The van der Waals surface area contributed by atoms with E-state index < -0.39 is 12.1 Å². The minimum Gasteiger partial charge on any atom is -0.447 e. The molecule has 2 aromatic carbocycles. The number of ether oxygens (including phenoxy) is 1. The van der Waals surface area contributed by atoms with Crippen molar-refractivity contribution in [3.05, 3.63) is 66.0 Å². The van der Waals surface area contributed by atoms with Gasteiger partial charge in [-0.05, 0) is 29.8 Å². The molecule has 138 valence electrons. The number of imide groups is 1. The van der Waals surface area contributed by atoms with Crippen molar-refractivity contribution in [3.63, 3.8) is 0 Å². The number of carbonyl (C=O) groups is 2. The van der Waals surface area contributed by atoms with E-state index in [2.05, 4.69) is 5.10 Å². The molecule has 2 aliphatic heterocycles. The van der Waals surface area contributed by atoms with E-state index in [1.165, 1.54) is 12.1 Å². The van der Waals surface area contributed by atoms with Crippen molar-refractivity contribution < 1.29 is 18.7 Å². The molecule has 0 radical (unpaired) electrons. The molecule has 1 fully saturated rings. The first-order valence-electron chi connectivity index (χ1n) is 8.73. The summed E-state index contributed by atoms with van der Waals surface area (Å²) in [5.41, 5.74) is 2.15. The van der Waals surface area contributed by atoms with E-state index in [1.54, 1.807) is 17.1 Å². The Morgan fingerprint density at radius 1 is 1.15 bits per heavy atom. The first-order valence-corrected chi connectivity index (χ1v) is 8.73. The fraction of sp³-hybridized carbons (Fsp3) is 0.250. The zero-order valence-electron chi connectivity index (χ0n) is 14.7. The van der Waals surface area contributed by atoms with Crippen molar-refractivity contribution in [2.75, 3.05) is 18.2 Å². The molecule has 0 bridgehead atoms.